The average Bonchev–Trinajstić information content (AvgIpc) is 2.39. The normalized spacial score (nSPS) is 16.9. The molecule has 104 valence electrons. The van der Waals surface area contributed by atoms with Crippen molar-refractivity contribution in [1.82, 2.24) is 9.88 Å². The standard InChI is InChI=1S/C15H23N3O/c1-2-16-14-11-13(8-9-17-14)12-18-10-6-4-3-5-7-15(18)19/h8-9,11H,2-7,10,12H2,1H3,(H,16,17). The van der Waals surface area contributed by atoms with E-state index in [1.54, 1.807) is 0 Å². The number of pyridine rings is 1. The van der Waals surface area contributed by atoms with E-state index in [0.29, 0.717) is 18.9 Å². The molecular weight excluding hydrogens is 238 g/mol. The second-order valence-electron chi connectivity index (χ2n) is 5.06. The van der Waals surface area contributed by atoms with Gasteiger partial charge < -0.3 is 10.2 Å². The minimum atomic E-state index is 0.293. The zero-order chi connectivity index (χ0) is 13.5. The Morgan fingerprint density at radius 3 is 3.00 bits per heavy atom. The van der Waals surface area contributed by atoms with Crippen LogP contribution in [0.25, 0.3) is 0 Å². The predicted molar refractivity (Wildman–Crippen MR) is 76.9 cm³/mol. The first-order valence-electron chi connectivity index (χ1n) is 7.26. The topological polar surface area (TPSA) is 45.2 Å². The molecular formula is C15H23N3O. The van der Waals surface area contributed by atoms with Crippen LogP contribution in [0.3, 0.4) is 0 Å². The number of likely N-dealkylation sites (tertiary alicyclic amines) is 1. The molecule has 1 aliphatic rings. The molecule has 1 aliphatic heterocycles. The minimum absolute atomic E-state index is 0.293. The van der Waals surface area contributed by atoms with E-state index in [9.17, 15) is 4.79 Å². The summed E-state index contributed by atoms with van der Waals surface area (Å²) in [5, 5.41) is 3.20. The first kappa shape index (κ1) is 13.8. The van der Waals surface area contributed by atoms with E-state index in [2.05, 4.69) is 17.2 Å². The number of amides is 1. The Kier molecular flexibility index (Phi) is 5.19. The lowest BCUT2D eigenvalue weighted by molar-refractivity contribution is -0.132. The van der Waals surface area contributed by atoms with E-state index >= 15 is 0 Å². The molecule has 0 radical (unpaired) electrons. The van der Waals surface area contributed by atoms with Crippen LogP contribution >= 0.6 is 0 Å². The van der Waals surface area contributed by atoms with Crippen LogP contribution in [0.4, 0.5) is 5.82 Å². The zero-order valence-corrected chi connectivity index (χ0v) is 11.7. The molecule has 0 atom stereocenters. The van der Waals surface area contributed by atoms with Crippen molar-refractivity contribution in [2.75, 3.05) is 18.4 Å². The molecule has 0 aromatic carbocycles. The maximum atomic E-state index is 12.1. The summed E-state index contributed by atoms with van der Waals surface area (Å²) < 4.78 is 0. The van der Waals surface area contributed by atoms with Gasteiger partial charge in [0, 0.05) is 32.3 Å². The van der Waals surface area contributed by atoms with E-state index in [4.69, 9.17) is 0 Å². The van der Waals surface area contributed by atoms with E-state index in [1.807, 2.05) is 23.2 Å². The van der Waals surface area contributed by atoms with Gasteiger partial charge in [0.2, 0.25) is 5.91 Å². The highest BCUT2D eigenvalue weighted by Gasteiger charge is 2.15. The maximum absolute atomic E-state index is 12.1. The zero-order valence-electron chi connectivity index (χ0n) is 11.7. The second-order valence-corrected chi connectivity index (χ2v) is 5.06. The van der Waals surface area contributed by atoms with Crippen molar-refractivity contribution in [3.8, 4) is 0 Å². The molecule has 1 amide bonds. The third-order valence-electron chi connectivity index (χ3n) is 3.48. The Bertz CT molecular complexity index is 420. The first-order chi connectivity index (χ1) is 9.29. The van der Waals surface area contributed by atoms with Crippen molar-refractivity contribution in [2.24, 2.45) is 0 Å². The van der Waals surface area contributed by atoms with Crippen LogP contribution in [0, 0.1) is 0 Å². The predicted octanol–water partition coefficient (Wildman–Crippen LogP) is 2.81. The number of rotatable bonds is 4. The molecule has 2 rings (SSSR count). The highest BCUT2D eigenvalue weighted by atomic mass is 16.2. The van der Waals surface area contributed by atoms with Gasteiger partial charge in [0.25, 0.3) is 0 Å². The van der Waals surface area contributed by atoms with Crippen LogP contribution in [0.2, 0.25) is 0 Å². The van der Waals surface area contributed by atoms with Crippen molar-refractivity contribution < 1.29 is 4.79 Å². The monoisotopic (exact) mass is 261 g/mol. The van der Waals surface area contributed by atoms with Gasteiger partial charge >= 0.3 is 0 Å². The molecule has 0 saturated carbocycles. The number of carbonyl (C=O) groups is 1. The summed E-state index contributed by atoms with van der Waals surface area (Å²) >= 11 is 0. The summed E-state index contributed by atoms with van der Waals surface area (Å²) in [7, 11) is 0. The Morgan fingerprint density at radius 1 is 1.32 bits per heavy atom. The van der Waals surface area contributed by atoms with Crippen molar-refractivity contribution in [3.05, 3.63) is 23.9 Å². The lowest BCUT2D eigenvalue weighted by Crippen LogP contribution is -2.32. The van der Waals surface area contributed by atoms with Crippen molar-refractivity contribution in [2.45, 2.75) is 45.6 Å². The summed E-state index contributed by atoms with van der Waals surface area (Å²) in [6.07, 6.45) is 7.10. The van der Waals surface area contributed by atoms with Crippen LogP contribution in [0.15, 0.2) is 18.3 Å². The van der Waals surface area contributed by atoms with Crippen molar-refractivity contribution in [1.29, 1.82) is 0 Å². The summed E-state index contributed by atoms with van der Waals surface area (Å²) in [6.45, 7) is 4.51. The Balaban J connectivity index is 2.01. The van der Waals surface area contributed by atoms with Gasteiger partial charge in [-0.05, 0) is 37.5 Å². The smallest absolute Gasteiger partial charge is 0.222 e. The molecule has 1 N–H and O–H groups in total. The van der Waals surface area contributed by atoms with E-state index in [0.717, 1.165) is 37.3 Å². The van der Waals surface area contributed by atoms with Gasteiger partial charge in [-0.25, -0.2) is 4.98 Å². The number of anilines is 1. The van der Waals surface area contributed by atoms with E-state index in [-0.39, 0.29) is 0 Å². The molecule has 0 bridgehead atoms. The fraction of sp³-hybridized carbons (Fsp3) is 0.600. The highest BCUT2D eigenvalue weighted by Crippen LogP contribution is 2.15. The van der Waals surface area contributed by atoms with Gasteiger partial charge in [0.05, 0.1) is 0 Å². The van der Waals surface area contributed by atoms with Gasteiger partial charge in [0.15, 0.2) is 0 Å². The molecule has 1 aromatic heterocycles. The van der Waals surface area contributed by atoms with Crippen molar-refractivity contribution >= 4 is 11.7 Å². The summed E-state index contributed by atoms with van der Waals surface area (Å²) in [5.41, 5.74) is 1.15. The third-order valence-corrected chi connectivity index (χ3v) is 3.48. The molecule has 0 spiro atoms. The van der Waals surface area contributed by atoms with Crippen LogP contribution in [-0.4, -0.2) is 28.9 Å². The van der Waals surface area contributed by atoms with Gasteiger partial charge in [-0.15, -0.1) is 0 Å². The largest absolute Gasteiger partial charge is 0.370 e. The molecule has 2 heterocycles. The Hall–Kier alpha value is -1.58. The Labute approximate surface area is 115 Å². The van der Waals surface area contributed by atoms with Gasteiger partial charge in [-0.1, -0.05) is 12.8 Å². The van der Waals surface area contributed by atoms with Gasteiger partial charge in [0.1, 0.15) is 5.82 Å². The highest BCUT2D eigenvalue weighted by molar-refractivity contribution is 5.76. The third kappa shape index (κ3) is 4.23. The summed E-state index contributed by atoms with van der Waals surface area (Å²) in [6, 6.07) is 4.03. The van der Waals surface area contributed by atoms with Crippen LogP contribution in [-0.2, 0) is 11.3 Å². The fourth-order valence-corrected chi connectivity index (χ4v) is 2.45. The Morgan fingerprint density at radius 2 is 2.16 bits per heavy atom. The summed E-state index contributed by atoms with van der Waals surface area (Å²) in [4.78, 5) is 18.3. The second kappa shape index (κ2) is 7.12. The molecule has 1 saturated heterocycles. The number of carbonyl (C=O) groups excluding carboxylic acids is 1. The molecule has 19 heavy (non-hydrogen) atoms. The minimum Gasteiger partial charge on any atom is -0.370 e. The lowest BCUT2D eigenvalue weighted by atomic mass is 10.1. The maximum Gasteiger partial charge on any atom is 0.222 e. The number of nitrogens with zero attached hydrogens (tertiary/aromatic N) is 2. The van der Waals surface area contributed by atoms with E-state index in [1.165, 1.54) is 12.8 Å². The molecule has 1 aromatic rings. The SMILES string of the molecule is CCNc1cc(CN2CCCCCCC2=O)ccn1. The first-order valence-corrected chi connectivity index (χ1v) is 7.26. The fourth-order valence-electron chi connectivity index (χ4n) is 2.45. The number of aromatic nitrogens is 1. The van der Waals surface area contributed by atoms with Crippen LogP contribution in [0.1, 0.15) is 44.6 Å². The van der Waals surface area contributed by atoms with Crippen molar-refractivity contribution in [3.63, 3.8) is 0 Å². The molecule has 0 unspecified atom stereocenters. The number of nitrogens with one attached hydrogen (secondary N) is 1. The number of hydrogen-bond donors (Lipinski definition) is 1. The summed E-state index contributed by atoms with van der Waals surface area (Å²) in [5.74, 6) is 1.18. The number of hydrogen-bond acceptors (Lipinski definition) is 3. The van der Waals surface area contributed by atoms with E-state index < -0.39 is 0 Å². The molecule has 0 aliphatic carbocycles. The van der Waals surface area contributed by atoms with Crippen LogP contribution < -0.4 is 5.32 Å². The molecule has 4 nitrogen and oxygen atoms in total. The van der Waals surface area contributed by atoms with Gasteiger partial charge in [-0.3, -0.25) is 4.79 Å². The van der Waals surface area contributed by atoms with Gasteiger partial charge in [-0.2, -0.15) is 0 Å². The van der Waals surface area contributed by atoms with Crippen LogP contribution in [0.5, 0.6) is 0 Å². The quantitative estimate of drug-likeness (QED) is 0.906. The molecule has 1 fully saturated rings. The lowest BCUT2D eigenvalue weighted by Gasteiger charge is -2.25. The average molecular weight is 261 g/mol. The molecule has 4 heteroatoms.